The second kappa shape index (κ2) is 7.77. The molecule has 31 heavy (non-hydrogen) atoms. The lowest BCUT2D eigenvalue weighted by Gasteiger charge is -2.35. The maximum atomic E-state index is 12.9. The molecule has 1 aromatic carbocycles. The number of carbonyl (C=O) groups excluding carboxylic acids is 2. The molecule has 1 aliphatic heterocycles. The van der Waals surface area contributed by atoms with E-state index in [1.807, 2.05) is 55.1 Å². The van der Waals surface area contributed by atoms with Crippen LogP contribution in [0.2, 0.25) is 0 Å². The molecule has 8 heteroatoms. The fraction of sp³-hybridized carbons (Fsp3) is 0.391. The normalized spacial score (nSPS) is 21.3. The van der Waals surface area contributed by atoms with Gasteiger partial charge in [0.15, 0.2) is 5.65 Å². The predicted octanol–water partition coefficient (Wildman–Crippen LogP) is 2.99. The van der Waals surface area contributed by atoms with Crippen molar-refractivity contribution in [1.29, 1.82) is 0 Å². The molecule has 2 unspecified atom stereocenters. The zero-order valence-corrected chi connectivity index (χ0v) is 17.6. The highest BCUT2D eigenvalue weighted by Crippen LogP contribution is 2.30. The monoisotopic (exact) mass is 419 g/mol. The number of pyridine rings is 1. The van der Waals surface area contributed by atoms with Gasteiger partial charge in [0.05, 0.1) is 12.2 Å². The molecule has 160 valence electrons. The standard InChI is InChI=1S/C23H25N5O3/c1-14-12-27(13-15(2)31-14)22(30)18-9-5-16(6-10-18)19-4-3-11-28-20(19)24-23(26-28)25-21(29)17-7-8-17/h3-6,9-11,14-15,17H,7-8,12-13H2,1-2H3,(H,25,26,29). The number of morpholine rings is 1. The summed E-state index contributed by atoms with van der Waals surface area (Å²) in [5, 5.41) is 7.17. The van der Waals surface area contributed by atoms with E-state index >= 15 is 0 Å². The highest BCUT2D eigenvalue weighted by Gasteiger charge is 2.30. The van der Waals surface area contributed by atoms with E-state index in [2.05, 4.69) is 15.4 Å². The van der Waals surface area contributed by atoms with E-state index in [9.17, 15) is 9.59 Å². The molecule has 5 rings (SSSR count). The van der Waals surface area contributed by atoms with Gasteiger partial charge in [-0.2, -0.15) is 4.98 Å². The number of carbonyl (C=O) groups is 2. The van der Waals surface area contributed by atoms with Gasteiger partial charge in [-0.1, -0.05) is 12.1 Å². The van der Waals surface area contributed by atoms with Gasteiger partial charge in [-0.25, -0.2) is 4.52 Å². The van der Waals surface area contributed by atoms with E-state index in [1.54, 1.807) is 10.7 Å². The molecule has 1 saturated carbocycles. The number of benzene rings is 1. The fourth-order valence-electron chi connectivity index (χ4n) is 4.06. The minimum absolute atomic E-state index is 0.0133. The molecule has 2 fully saturated rings. The highest BCUT2D eigenvalue weighted by molar-refractivity contribution is 5.95. The second-order valence-electron chi connectivity index (χ2n) is 8.43. The van der Waals surface area contributed by atoms with E-state index in [1.165, 1.54) is 0 Å². The molecule has 1 N–H and O–H groups in total. The van der Waals surface area contributed by atoms with Crippen LogP contribution < -0.4 is 5.32 Å². The number of nitrogens with zero attached hydrogens (tertiary/aromatic N) is 4. The smallest absolute Gasteiger partial charge is 0.254 e. The number of hydrogen-bond donors (Lipinski definition) is 1. The topological polar surface area (TPSA) is 88.8 Å². The summed E-state index contributed by atoms with van der Waals surface area (Å²) in [5.74, 6) is 0.395. The van der Waals surface area contributed by atoms with E-state index in [4.69, 9.17) is 4.74 Å². The number of hydrogen-bond acceptors (Lipinski definition) is 5. The van der Waals surface area contributed by atoms with Crippen molar-refractivity contribution < 1.29 is 14.3 Å². The zero-order valence-electron chi connectivity index (χ0n) is 17.6. The van der Waals surface area contributed by atoms with Crippen LogP contribution in [0.15, 0.2) is 42.6 Å². The Kier molecular flexibility index (Phi) is 4.94. The molecule has 2 aromatic heterocycles. The average Bonchev–Trinajstić information content (AvgIpc) is 3.52. The van der Waals surface area contributed by atoms with Gasteiger partial charge >= 0.3 is 0 Å². The van der Waals surface area contributed by atoms with Gasteiger partial charge in [0.25, 0.3) is 5.91 Å². The molecular weight excluding hydrogens is 394 g/mol. The van der Waals surface area contributed by atoms with Crippen LogP contribution in [0, 0.1) is 5.92 Å². The fourth-order valence-corrected chi connectivity index (χ4v) is 4.06. The van der Waals surface area contributed by atoms with Crippen molar-refractivity contribution in [2.75, 3.05) is 18.4 Å². The van der Waals surface area contributed by atoms with Crippen molar-refractivity contribution in [3.05, 3.63) is 48.2 Å². The largest absolute Gasteiger partial charge is 0.372 e. The lowest BCUT2D eigenvalue weighted by molar-refractivity contribution is -0.117. The third kappa shape index (κ3) is 4.03. The molecule has 0 spiro atoms. The minimum Gasteiger partial charge on any atom is -0.372 e. The summed E-state index contributed by atoms with van der Waals surface area (Å²) in [7, 11) is 0. The Hall–Kier alpha value is -3.26. The van der Waals surface area contributed by atoms with Crippen LogP contribution in [0.1, 0.15) is 37.0 Å². The number of fused-ring (bicyclic) bond motifs is 1. The van der Waals surface area contributed by atoms with Gasteiger partial charge in [-0.3, -0.25) is 14.9 Å². The summed E-state index contributed by atoms with van der Waals surface area (Å²) in [6.45, 7) is 5.16. The van der Waals surface area contributed by atoms with E-state index in [0.29, 0.717) is 30.2 Å². The first-order chi connectivity index (χ1) is 15.0. The molecule has 3 aromatic rings. The van der Waals surface area contributed by atoms with Crippen LogP contribution in [-0.4, -0.2) is 56.6 Å². The third-order valence-electron chi connectivity index (χ3n) is 5.70. The molecule has 2 atom stereocenters. The van der Waals surface area contributed by atoms with Gasteiger partial charge in [0, 0.05) is 36.3 Å². The lowest BCUT2D eigenvalue weighted by Crippen LogP contribution is -2.48. The first kappa shape index (κ1) is 19.7. The van der Waals surface area contributed by atoms with E-state index < -0.39 is 0 Å². The molecule has 3 heterocycles. The van der Waals surface area contributed by atoms with Crippen LogP contribution >= 0.6 is 0 Å². The summed E-state index contributed by atoms with van der Waals surface area (Å²) in [6.07, 6.45) is 3.73. The number of aromatic nitrogens is 3. The Labute approximate surface area is 180 Å². The number of ether oxygens (including phenoxy) is 1. The summed E-state index contributed by atoms with van der Waals surface area (Å²) < 4.78 is 7.39. The first-order valence-electron chi connectivity index (χ1n) is 10.7. The Morgan fingerprint density at radius 2 is 1.77 bits per heavy atom. The maximum Gasteiger partial charge on any atom is 0.254 e. The number of rotatable bonds is 4. The number of nitrogens with one attached hydrogen (secondary N) is 1. The Balaban J connectivity index is 1.38. The highest BCUT2D eigenvalue weighted by atomic mass is 16.5. The summed E-state index contributed by atoms with van der Waals surface area (Å²) >= 11 is 0. The maximum absolute atomic E-state index is 12.9. The summed E-state index contributed by atoms with van der Waals surface area (Å²) in [5.41, 5.74) is 3.12. The van der Waals surface area contributed by atoms with Crippen molar-refractivity contribution in [3.8, 4) is 11.1 Å². The summed E-state index contributed by atoms with van der Waals surface area (Å²) in [4.78, 5) is 31.3. The lowest BCUT2D eigenvalue weighted by atomic mass is 10.0. The van der Waals surface area contributed by atoms with Gasteiger partial charge in [-0.15, -0.1) is 5.10 Å². The van der Waals surface area contributed by atoms with Crippen LogP contribution in [0.3, 0.4) is 0 Å². The number of amides is 2. The van der Waals surface area contributed by atoms with Crippen molar-refractivity contribution in [3.63, 3.8) is 0 Å². The Morgan fingerprint density at radius 1 is 1.06 bits per heavy atom. The van der Waals surface area contributed by atoms with Crippen LogP contribution in [-0.2, 0) is 9.53 Å². The van der Waals surface area contributed by atoms with Crippen molar-refractivity contribution in [2.24, 2.45) is 5.92 Å². The molecule has 0 radical (unpaired) electrons. The molecular formula is C23H25N5O3. The van der Waals surface area contributed by atoms with E-state index in [0.717, 1.165) is 24.0 Å². The zero-order chi connectivity index (χ0) is 21.5. The van der Waals surface area contributed by atoms with Crippen molar-refractivity contribution in [1.82, 2.24) is 19.5 Å². The quantitative estimate of drug-likeness (QED) is 0.702. The SMILES string of the molecule is CC1CN(C(=O)c2ccc(-c3cccn4nc(NC(=O)C5CC5)nc34)cc2)CC(C)O1. The van der Waals surface area contributed by atoms with Crippen LogP contribution in [0.5, 0.6) is 0 Å². The molecule has 1 aliphatic carbocycles. The first-order valence-corrected chi connectivity index (χ1v) is 10.7. The van der Waals surface area contributed by atoms with Crippen molar-refractivity contribution in [2.45, 2.75) is 38.9 Å². The molecule has 0 bridgehead atoms. The summed E-state index contributed by atoms with van der Waals surface area (Å²) in [6, 6.07) is 11.4. The second-order valence-corrected chi connectivity index (χ2v) is 8.43. The Morgan fingerprint density at radius 3 is 2.45 bits per heavy atom. The molecule has 1 saturated heterocycles. The molecule has 2 amide bonds. The third-order valence-corrected chi connectivity index (χ3v) is 5.70. The van der Waals surface area contributed by atoms with Gasteiger partial charge in [0.2, 0.25) is 11.9 Å². The van der Waals surface area contributed by atoms with Crippen molar-refractivity contribution >= 4 is 23.4 Å². The average molecular weight is 419 g/mol. The predicted molar refractivity (Wildman–Crippen MR) is 116 cm³/mol. The Bertz CT molecular complexity index is 1130. The number of anilines is 1. The van der Waals surface area contributed by atoms with Crippen LogP contribution in [0.4, 0.5) is 5.95 Å². The molecule has 8 nitrogen and oxygen atoms in total. The van der Waals surface area contributed by atoms with Gasteiger partial charge in [0.1, 0.15) is 0 Å². The minimum atomic E-state index is -0.0212. The van der Waals surface area contributed by atoms with Gasteiger partial charge in [-0.05, 0) is 56.5 Å². The molecule has 2 aliphatic rings. The van der Waals surface area contributed by atoms with Gasteiger partial charge < -0.3 is 9.64 Å². The van der Waals surface area contributed by atoms with Crippen LogP contribution in [0.25, 0.3) is 16.8 Å². The van der Waals surface area contributed by atoms with E-state index in [-0.39, 0.29) is 29.9 Å².